The summed E-state index contributed by atoms with van der Waals surface area (Å²) in [6.07, 6.45) is 7.11. The first-order chi connectivity index (χ1) is 11.7. The lowest BCUT2D eigenvalue weighted by Crippen LogP contribution is -2.43. The van der Waals surface area contributed by atoms with E-state index in [1.165, 1.54) is 19.8 Å². The largest absolute Gasteiger partial charge is 0.469 e. The lowest BCUT2D eigenvalue weighted by Gasteiger charge is -2.23. The van der Waals surface area contributed by atoms with Crippen LogP contribution < -0.4 is 5.32 Å². The summed E-state index contributed by atoms with van der Waals surface area (Å²) in [5.74, 6) is -0.284. The molecule has 7 heteroatoms. The summed E-state index contributed by atoms with van der Waals surface area (Å²) in [6.45, 7) is 0. The molecule has 1 amide bonds. The van der Waals surface area contributed by atoms with E-state index in [1.807, 2.05) is 0 Å². The number of oxazole rings is 1. The minimum absolute atomic E-state index is 0.151. The molecule has 1 saturated carbocycles. The van der Waals surface area contributed by atoms with Crippen molar-refractivity contribution in [3.05, 3.63) is 30.5 Å². The average molecular weight is 332 g/mol. The van der Waals surface area contributed by atoms with Crippen LogP contribution in [0.1, 0.15) is 42.6 Å². The first kappa shape index (κ1) is 16.3. The molecule has 0 aromatic carbocycles. The van der Waals surface area contributed by atoms with Crippen LogP contribution in [0, 0.1) is 5.92 Å². The summed E-state index contributed by atoms with van der Waals surface area (Å²) in [4.78, 5) is 28.7. The second kappa shape index (κ2) is 7.33. The fraction of sp³-hybridized carbons (Fsp3) is 0.471. The number of rotatable bonds is 4. The molecule has 24 heavy (non-hydrogen) atoms. The second-order valence-corrected chi connectivity index (χ2v) is 5.86. The summed E-state index contributed by atoms with van der Waals surface area (Å²) in [5.41, 5.74) is 0.151. The van der Waals surface area contributed by atoms with Crippen molar-refractivity contribution in [2.45, 2.75) is 38.1 Å². The van der Waals surface area contributed by atoms with Gasteiger partial charge in [-0.05, 0) is 25.0 Å². The van der Waals surface area contributed by atoms with Gasteiger partial charge in [0.2, 0.25) is 5.76 Å². The monoisotopic (exact) mass is 332 g/mol. The van der Waals surface area contributed by atoms with E-state index in [0.717, 1.165) is 25.7 Å². The van der Waals surface area contributed by atoms with Crippen molar-refractivity contribution < 1.29 is 23.2 Å². The first-order valence-corrected chi connectivity index (χ1v) is 8.06. The van der Waals surface area contributed by atoms with E-state index in [-0.39, 0.29) is 35.3 Å². The molecule has 0 spiro atoms. The van der Waals surface area contributed by atoms with E-state index in [1.54, 1.807) is 12.1 Å². The van der Waals surface area contributed by atoms with Crippen LogP contribution in [0.5, 0.6) is 0 Å². The number of methoxy groups -OCH3 is 1. The number of hydrogen-bond donors (Lipinski definition) is 1. The van der Waals surface area contributed by atoms with Gasteiger partial charge in [-0.2, -0.15) is 0 Å². The molecule has 0 unspecified atom stereocenters. The van der Waals surface area contributed by atoms with Crippen molar-refractivity contribution in [1.82, 2.24) is 10.3 Å². The molecule has 1 fully saturated rings. The summed E-state index contributed by atoms with van der Waals surface area (Å²) in [5, 5.41) is 2.92. The lowest BCUT2D eigenvalue weighted by atomic mass is 9.94. The molecular weight excluding hydrogens is 312 g/mol. The number of nitrogens with one attached hydrogen (secondary N) is 1. The molecule has 7 nitrogen and oxygen atoms in total. The van der Waals surface area contributed by atoms with E-state index in [4.69, 9.17) is 13.6 Å². The van der Waals surface area contributed by atoms with Gasteiger partial charge in [0.1, 0.15) is 0 Å². The molecule has 0 aliphatic heterocycles. The Hall–Kier alpha value is -2.57. The number of nitrogens with zero attached hydrogens (tertiary/aromatic N) is 1. The van der Waals surface area contributed by atoms with Crippen molar-refractivity contribution in [3.63, 3.8) is 0 Å². The number of carbonyl (C=O) groups excluding carboxylic acids is 2. The van der Waals surface area contributed by atoms with Crippen molar-refractivity contribution >= 4 is 11.9 Å². The van der Waals surface area contributed by atoms with Crippen LogP contribution in [0.2, 0.25) is 0 Å². The Morgan fingerprint density at radius 3 is 2.83 bits per heavy atom. The van der Waals surface area contributed by atoms with Gasteiger partial charge >= 0.3 is 5.97 Å². The van der Waals surface area contributed by atoms with Crippen LogP contribution in [0.4, 0.5) is 0 Å². The zero-order valence-electron chi connectivity index (χ0n) is 13.5. The predicted molar refractivity (Wildman–Crippen MR) is 84.1 cm³/mol. The zero-order chi connectivity index (χ0) is 16.9. The summed E-state index contributed by atoms with van der Waals surface area (Å²) in [6, 6.07) is 3.13. The molecular formula is C17H20N2O5. The smallest absolute Gasteiger partial charge is 0.310 e. The molecule has 2 heterocycles. The minimum Gasteiger partial charge on any atom is -0.469 e. The fourth-order valence-corrected chi connectivity index (χ4v) is 3.14. The van der Waals surface area contributed by atoms with E-state index in [0.29, 0.717) is 12.2 Å². The molecule has 128 valence electrons. The van der Waals surface area contributed by atoms with Gasteiger partial charge in [0.15, 0.2) is 17.8 Å². The molecule has 0 radical (unpaired) electrons. The highest BCUT2D eigenvalue weighted by molar-refractivity contribution is 5.97. The Morgan fingerprint density at radius 2 is 2.08 bits per heavy atom. The highest BCUT2D eigenvalue weighted by Gasteiger charge is 2.33. The Bertz CT molecular complexity index is 692. The molecule has 2 aromatic heterocycles. The Morgan fingerprint density at radius 1 is 1.25 bits per heavy atom. The number of furan rings is 1. The number of hydrogen-bond acceptors (Lipinski definition) is 6. The Balaban J connectivity index is 1.78. The second-order valence-electron chi connectivity index (χ2n) is 5.86. The standard InChI is InChI=1S/C17H20N2O5/c1-22-17(21)11-6-3-2-4-7-12(11)19-16(20)14-15(24-10-18-14)13-8-5-9-23-13/h5,8-12H,2-4,6-7H2,1H3,(H,19,20)/t11-,12-/m1/s1. The SMILES string of the molecule is COC(=O)[C@@H]1CCCCC[C@H]1NC(=O)c1ncoc1-c1ccco1. The summed E-state index contributed by atoms with van der Waals surface area (Å²) < 4.78 is 15.4. The Kier molecular flexibility index (Phi) is 4.98. The van der Waals surface area contributed by atoms with Crippen molar-refractivity contribution in [3.8, 4) is 11.5 Å². The minimum atomic E-state index is -0.379. The van der Waals surface area contributed by atoms with Crippen molar-refractivity contribution in [2.75, 3.05) is 7.11 Å². The van der Waals surface area contributed by atoms with Crippen molar-refractivity contribution in [2.24, 2.45) is 5.92 Å². The molecule has 2 aromatic rings. The number of aromatic nitrogens is 1. The first-order valence-electron chi connectivity index (χ1n) is 8.06. The molecule has 0 saturated heterocycles. The van der Waals surface area contributed by atoms with E-state index in [2.05, 4.69) is 10.3 Å². The quantitative estimate of drug-likeness (QED) is 0.683. The zero-order valence-corrected chi connectivity index (χ0v) is 13.5. The normalized spacial score (nSPS) is 21.0. The van der Waals surface area contributed by atoms with Crippen LogP contribution in [0.3, 0.4) is 0 Å². The predicted octanol–water partition coefficient (Wildman–Crippen LogP) is 2.79. The number of esters is 1. The van der Waals surface area contributed by atoms with Crippen LogP contribution in [-0.4, -0.2) is 30.0 Å². The third-order valence-electron chi connectivity index (χ3n) is 4.36. The fourth-order valence-electron chi connectivity index (χ4n) is 3.14. The Labute approximate surface area is 139 Å². The van der Waals surface area contributed by atoms with Gasteiger partial charge in [-0.1, -0.05) is 19.3 Å². The number of amides is 1. The lowest BCUT2D eigenvalue weighted by molar-refractivity contribution is -0.146. The highest BCUT2D eigenvalue weighted by Crippen LogP contribution is 2.27. The molecule has 1 aliphatic rings. The maximum atomic E-state index is 12.6. The van der Waals surface area contributed by atoms with E-state index < -0.39 is 0 Å². The molecule has 1 N–H and O–H groups in total. The number of carbonyl (C=O) groups is 2. The van der Waals surface area contributed by atoms with Crippen LogP contribution in [0.15, 0.2) is 33.6 Å². The average Bonchev–Trinajstić information content (AvgIpc) is 3.23. The van der Waals surface area contributed by atoms with Gasteiger partial charge in [0, 0.05) is 6.04 Å². The summed E-state index contributed by atoms with van der Waals surface area (Å²) in [7, 11) is 1.37. The van der Waals surface area contributed by atoms with Crippen LogP contribution >= 0.6 is 0 Å². The van der Waals surface area contributed by atoms with Gasteiger partial charge in [-0.25, -0.2) is 4.98 Å². The van der Waals surface area contributed by atoms with Gasteiger partial charge in [0.25, 0.3) is 5.91 Å². The van der Waals surface area contributed by atoms with E-state index in [9.17, 15) is 9.59 Å². The van der Waals surface area contributed by atoms with Gasteiger partial charge in [-0.3, -0.25) is 9.59 Å². The highest BCUT2D eigenvalue weighted by atomic mass is 16.5. The molecule has 1 aliphatic carbocycles. The van der Waals surface area contributed by atoms with Gasteiger partial charge < -0.3 is 18.9 Å². The van der Waals surface area contributed by atoms with Crippen molar-refractivity contribution in [1.29, 1.82) is 0 Å². The molecule has 0 bridgehead atoms. The van der Waals surface area contributed by atoms with Crippen LogP contribution in [-0.2, 0) is 9.53 Å². The van der Waals surface area contributed by atoms with Gasteiger partial charge in [0.05, 0.1) is 19.3 Å². The third kappa shape index (κ3) is 3.34. The molecule has 3 rings (SSSR count). The number of ether oxygens (including phenoxy) is 1. The summed E-state index contributed by atoms with van der Waals surface area (Å²) >= 11 is 0. The maximum absolute atomic E-state index is 12.6. The van der Waals surface area contributed by atoms with Crippen LogP contribution in [0.25, 0.3) is 11.5 Å². The van der Waals surface area contributed by atoms with E-state index >= 15 is 0 Å². The molecule has 2 atom stereocenters. The topological polar surface area (TPSA) is 94.6 Å². The maximum Gasteiger partial charge on any atom is 0.310 e. The third-order valence-corrected chi connectivity index (χ3v) is 4.36. The van der Waals surface area contributed by atoms with Gasteiger partial charge in [-0.15, -0.1) is 0 Å².